The number of nitrogens with zero attached hydrogens (tertiary/aromatic N) is 1. The van der Waals surface area contributed by atoms with Crippen LogP contribution in [0.15, 0.2) is 18.2 Å². The molecule has 1 N–H and O–H groups in total. The van der Waals surface area contributed by atoms with Crippen molar-refractivity contribution < 1.29 is 4.39 Å². The summed E-state index contributed by atoms with van der Waals surface area (Å²) < 4.78 is 14.1. The molecule has 1 aliphatic carbocycles. The second-order valence-electron chi connectivity index (χ2n) is 5.67. The van der Waals surface area contributed by atoms with Gasteiger partial charge in [0.25, 0.3) is 0 Å². The Morgan fingerprint density at radius 1 is 1.39 bits per heavy atom. The molecular weight excluding hydrogens is 227 g/mol. The molecule has 3 unspecified atom stereocenters. The van der Waals surface area contributed by atoms with Gasteiger partial charge in [0.05, 0.1) is 0 Å². The fourth-order valence-electron chi connectivity index (χ4n) is 3.57. The van der Waals surface area contributed by atoms with Gasteiger partial charge in [-0.05, 0) is 51.3 Å². The summed E-state index contributed by atoms with van der Waals surface area (Å²) in [4.78, 5) is 2.43. The van der Waals surface area contributed by atoms with Gasteiger partial charge < -0.3 is 10.2 Å². The maximum atomic E-state index is 14.1. The molecule has 0 amide bonds. The highest BCUT2D eigenvalue weighted by molar-refractivity contribution is 5.57. The standard InChI is InChI=1S/C15H21FN2/c1-10(17-2)15-13(16)4-3-5-14(15)18-9-11-6-7-12(18)8-11/h3-5,10-12,17H,6-9H2,1-2H3. The summed E-state index contributed by atoms with van der Waals surface area (Å²) in [5.74, 6) is 0.744. The van der Waals surface area contributed by atoms with E-state index < -0.39 is 0 Å². The van der Waals surface area contributed by atoms with Crippen molar-refractivity contribution in [2.75, 3.05) is 18.5 Å². The zero-order valence-corrected chi connectivity index (χ0v) is 11.1. The number of piperidine rings is 1. The van der Waals surface area contributed by atoms with E-state index in [-0.39, 0.29) is 11.9 Å². The van der Waals surface area contributed by atoms with Crippen LogP contribution in [0.2, 0.25) is 0 Å². The van der Waals surface area contributed by atoms with Gasteiger partial charge in [-0.3, -0.25) is 0 Å². The number of hydrogen-bond acceptors (Lipinski definition) is 2. The van der Waals surface area contributed by atoms with Crippen LogP contribution in [0.1, 0.15) is 37.8 Å². The monoisotopic (exact) mass is 248 g/mol. The van der Waals surface area contributed by atoms with Crippen LogP contribution in [0.25, 0.3) is 0 Å². The summed E-state index contributed by atoms with van der Waals surface area (Å²) in [5.41, 5.74) is 1.93. The lowest BCUT2D eigenvalue weighted by Crippen LogP contribution is -2.33. The summed E-state index contributed by atoms with van der Waals surface area (Å²) in [6, 6.07) is 6.18. The molecule has 2 bridgehead atoms. The largest absolute Gasteiger partial charge is 0.368 e. The molecule has 1 aromatic rings. The zero-order valence-electron chi connectivity index (χ0n) is 11.1. The van der Waals surface area contributed by atoms with Crippen molar-refractivity contribution in [2.45, 2.75) is 38.3 Å². The van der Waals surface area contributed by atoms with Crippen molar-refractivity contribution in [3.63, 3.8) is 0 Å². The molecule has 0 aromatic heterocycles. The first-order valence-electron chi connectivity index (χ1n) is 6.93. The maximum Gasteiger partial charge on any atom is 0.130 e. The Labute approximate surface area is 108 Å². The highest BCUT2D eigenvalue weighted by Crippen LogP contribution is 2.42. The first-order chi connectivity index (χ1) is 8.70. The number of halogens is 1. The summed E-state index contributed by atoms with van der Waals surface area (Å²) in [6.45, 7) is 3.13. The molecule has 2 nitrogen and oxygen atoms in total. The van der Waals surface area contributed by atoms with E-state index >= 15 is 0 Å². The van der Waals surface area contributed by atoms with E-state index in [0.717, 1.165) is 23.7 Å². The van der Waals surface area contributed by atoms with E-state index in [0.29, 0.717) is 6.04 Å². The predicted molar refractivity (Wildman–Crippen MR) is 72.3 cm³/mol. The van der Waals surface area contributed by atoms with Gasteiger partial charge in [0.2, 0.25) is 0 Å². The minimum atomic E-state index is -0.0860. The highest BCUT2D eigenvalue weighted by Gasteiger charge is 2.39. The number of nitrogens with one attached hydrogen (secondary N) is 1. The Morgan fingerprint density at radius 2 is 2.22 bits per heavy atom. The summed E-state index contributed by atoms with van der Waals surface area (Å²) in [5, 5.41) is 3.16. The van der Waals surface area contributed by atoms with E-state index in [1.54, 1.807) is 6.07 Å². The molecule has 1 heterocycles. The molecule has 1 aliphatic heterocycles. The SMILES string of the molecule is CNC(C)c1c(F)cccc1N1CC2CCC1C2. The second-order valence-corrected chi connectivity index (χ2v) is 5.67. The van der Waals surface area contributed by atoms with Gasteiger partial charge in [0.1, 0.15) is 5.82 Å². The summed E-state index contributed by atoms with van der Waals surface area (Å²) >= 11 is 0. The average molecular weight is 248 g/mol. The first-order valence-corrected chi connectivity index (χ1v) is 6.93. The van der Waals surface area contributed by atoms with Crippen molar-refractivity contribution >= 4 is 5.69 Å². The Morgan fingerprint density at radius 3 is 2.83 bits per heavy atom. The van der Waals surface area contributed by atoms with Gasteiger partial charge in [-0.15, -0.1) is 0 Å². The van der Waals surface area contributed by atoms with Crippen LogP contribution in [-0.4, -0.2) is 19.6 Å². The lowest BCUT2D eigenvalue weighted by atomic mass is 10.0. The van der Waals surface area contributed by atoms with E-state index in [4.69, 9.17) is 0 Å². The van der Waals surface area contributed by atoms with Crippen molar-refractivity contribution in [3.8, 4) is 0 Å². The van der Waals surface area contributed by atoms with E-state index in [1.807, 2.05) is 20.0 Å². The molecule has 3 heteroatoms. The normalized spacial score (nSPS) is 27.8. The third-order valence-electron chi connectivity index (χ3n) is 4.61. The Hall–Kier alpha value is -1.09. The molecule has 1 aromatic carbocycles. The highest BCUT2D eigenvalue weighted by atomic mass is 19.1. The molecule has 0 spiro atoms. The van der Waals surface area contributed by atoms with E-state index in [2.05, 4.69) is 16.3 Å². The smallest absolute Gasteiger partial charge is 0.130 e. The number of anilines is 1. The van der Waals surface area contributed by atoms with Crippen molar-refractivity contribution in [1.82, 2.24) is 5.32 Å². The van der Waals surface area contributed by atoms with Crippen LogP contribution in [0.3, 0.4) is 0 Å². The van der Waals surface area contributed by atoms with Crippen LogP contribution in [0, 0.1) is 11.7 Å². The van der Waals surface area contributed by atoms with Gasteiger partial charge in [-0.1, -0.05) is 6.07 Å². The molecular formula is C15H21FN2. The number of fused-ring (bicyclic) bond motifs is 2. The van der Waals surface area contributed by atoms with Crippen LogP contribution in [0.5, 0.6) is 0 Å². The van der Waals surface area contributed by atoms with Crippen LogP contribution in [-0.2, 0) is 0 Å². The molecule has 2 fully saturated rings. The van der Waals surface area contributed by atoms with Crippen molar-refractivity contribution in [1.29, 1.82) is 0 Å². The minimum Gasteiger partial charge on any atom is -0.368 e. The van der Waals surface area contributed by atoms with E-state index in [9.17, 15) is 4.39 Å². The second kappa shape index (κ2) is 4.54. The van der Waals surface area contributed by atoms with Gasteiger partial charge in [-0.25, -0.2) is 4.39 Å². The zero-order chi connectivity index (χ0) is 12.7. The third-order valence-corrected chi connectivity index (χ3v) is 4.61. The van der Waals surface area contributed by atoms with Crippen LogP contribution in [0.4, 0.5) is 10.1 Å². The fraction of sp³-hybridized carbons (Fsp3) is 0.600. The summed E-state index contributed by atoms with van der Waals surface area (Å²) in [6.07, 6.45) is 3.92. The predicted octanol–water partition coefficient (Wildman–Crippen LogP) is 3.09. The quantitative estimate of drug-likeness (QED) is 0.884. The number of hydrogen-bond donors (Lipinski definition) is 1. The lowest BCUT2D eigenvalue weighted by molar-refractivity contribution is 0.535. The minimum absolute atomic E-state index is 0.0559. The average Bonchev–Trinajstić information content (AvgIpc) is 2.99. The Balaban J connectivity index is 1.98. The Bertz CT molecular complexity index is 446. The molecule has 98 valence electrons. The third kappa shape index (κ3) is 1.81. The molecule has 1 saturated heterocycles. The molecule has 2 aliphatic rings. The van der Waals surface area contributed by atoms with Gasteiger partial charge in [0.15, 0.2) is 0 Å². The van der Waals surface area contributed by atoms with Crippen LogP contribution >= 0.6 is 0 Å². The molecule has 3 atom stereocenters. The van der Waals surface area contributed by atoms with Gasteiger partial charge >= 0.3 is 0 Å². The summed E-state index contributed by atoms with van der Waals surface area (Å²) in [7, 11) is 1.89. The maximum absolute atomic E-state index is 14.1. The number of benzene rings is 1. The van der Waals surface area contributed by atoms with Crippen LogP contribution < -0.4 is 10.2 Å². The lowest BCUT2D eigenvalue weighted by Gasteiger charge is -2.32. The first kappa shape index (κ1) is 12.0. The van der Waals surface area contributed by atoms with Crippen molar-refractivity contribution in [3.05, 3.63) is 29.6 Å². The van der Waals surface area contributed by atoms with E-state index in [1.165, 1.54) is 19.3 Å². The fourth-order valence-corrected chi connectivity index (χ4v) is 3.57. The molecule has 0 radical (unpaired) electrons. The molecule has 3 rings (SSSR count). The van der Waals surface area contributed by atoms with Gasteiger partial charge in [0, 0.05) is 29.9 Å². The van der Waals surface area contributed by atoms with Gasteiger partial charge in [-0.2, -0.15) is 0 Å². The molecule has 18 heavy (non-hydrogen) atoms. The molecule has 1 saturated carbocycles. The Kier molecular flexibility index (Phi) is 3.02. The topological polar surface area (TPSA) is 15.3 Å². The van der Waals surface area contributed by atoms with Crippen molar-refractivity contribution in [2.24, 2.45) is 5.92 Å². The number of rotatable bonds is 3.